The highest BCUT2D eigenvalue weighted by Gasteiger charge is 2.30. The number of esters is 1. The monoisotopic (exact) mass is 330 g/mol. The van der Waals surface area contributed by atoms with E-state index in [2.05, 4.69) is 19.6 Å². The molecule has 0 saturated carbocycles. The van der Waals surface area contributed by atoms with Crippen molar-refractivity contribution < 1.29 is 28.2 Å². The fourth-order valence-corrected chi connectivity index (χ4v) is 2.89. The Kier molecular flexibility index (Phi) is 7.28. The molecule has 6 nitrogen and oxygen atoms in total. The van der Waals surface area contributed by atoms with Crippen LogP contribution in [0.3, 0.4) is 0 Å². The van der Waals surface area contributed by atoms with Crippen molar-refractivity contribution in [1.82, 2.24) is 0 Å². The lowest BCUT2D eigenvalue weighted by atomic mass is 10.2. The second kappa shape index (κ2) is 8.47. The van der Waals surface area contributed by atoms with E-state index >= 15 is 0 Å². The van der Waals surface area contributed by atoms with Crippen LogP contribution in [-0.2, 0) is 23.7 Å². The zero-order valence-corrected chi connectivity index (χ0v) is 15.2. The molecule has 0 fully saturated rings. The Morgan fingerprint density at radius 2 is 1.95 bits per heavy atom. The third-order valence-corrected chi connectivity index (χ3v) is 4.77. The molecule has 0 aliphatic carbocycles. The zero-order valence-electron chi connectivity index (χ0n) is 14.2. The van der Waals surface area contributed by atoms with Crippen molar-refractivity contribution in [2.75, 3.05) is 27.4 Å². The topological polar surface area (TPSA) is 67.1 Å². The fraction of sp³-hybridized carbons (Fsp3) is 0.667. The molecule has 0 aromatic carbocycles. The van der Waals surface area contributed by atoms with Crippen LogP contribution in [0.4, 0.5) is 0 Å². The molecule has 7 heteroatoms. The van der Waals surface area contributed by atoms with E-state index in [4.69, 9.17) is 23.4 Å². The van der Waals surface area contributed by atoms with Gasteiger partial charge in [0.25, 0.3) is 0 Å². The highest BCUT2D eigenvalue weighted by Crippen LogP contribution is 2.25. The van der Waals surface area contributed by atoms with Gasteiger partial charge in [-0.3, -0.25) is 4.79 Å². The normalized spacial score (nSPS) is 14.6. The van der Waals surface area contributed by atoms with Crippen LogP contribution >= 0.6 is 0 Å². The lowest BCUT2D eigenvalue weighted by Gasteiger charge is -2.24. The van der Waals surface area contributed by atoms with Crippen molar-refractivity contribution in [2.45, 2.75) is 39.0 Å². The second-order valence-corrected chi connectivity index (χ2v) is 11.0. The predicted octanol–water partition coefficient (Wildman–Crippen LogP) is 2.06. The smallest absolute Gasteiger partial charge is 0.303 e. The van der Waals surface area contributed by atoms with Crippen LogP contribution in [0, 0.1) is 0 Å². The summed E-state index contributed by atoms with van der Waals surface area (Å²) in [6.07, 6.45) is 0.215. The first-order valence-electron chi connectivity index (χ1n) is 7.19. The Morgan fingerprint density at radius 1 is 1.27 bits per heavy atom. The Morgan fingerprint density at radius 3 is 2.41 bits per heavy atom. The van der Waals surface area contributed by atoms with Gasteiger partial charge in [0.15, 0.2) is 12.4 Å². The van der Waals surface area contributed by atoms with Gasteiger partial charge in [-0.2, -0.15) is 0 Å². The van der Waals surface area contributed by atoms with Gasteiger partial charge in [0.1, 0.15) is 8.07 Å². The summed E-state index contributed by atoms with van der Waals surface area (Å²) in [5.74, 6) is -0.404. The molecule has 0 radical (unpaired) electrons. The summed E-state index contributed by atoms with van der Waals surface area (Å²) in [6, 6.07) is 1.92. The molecule has 0 amide bonds. The minimum absolute atomic E-state index is 0.339. The number of carbonyl (C=O) groups excluding carboxylic acids is 1. The largest absolute Gasteiger partial charge is 0.474 e. The summed E-state index contributed by atoms with van der Waals surface area (Å²) in [6.45, 7) is 8.66. The highest BCUT2D eigenvalue weighted by molar-refractivity contribution is 6.87. The Hall–Kier alpha value is -1.15. The molecule has 126 valence electrons. The van der Waals surface area contributed by atoms with Crippen LogP contribution in [-0.4, -0.2) is 47.8 Å². The molecule has 1 heterocycles. The van der Waals surface area contributed by atoms with Gasteiger partial charge in [-0.15, -0.1) is 0 Å². The first kappa shape index (κ1) is 18.9. The predicted molar refractivity (Wildman–Crippen MR) is 84.8 cm³/mol. The molecule has 22 heavy (non-hydrogen) atoms. The summed E-state index contributed by atoms with van der Waals surface area (Å²) in [7, 11) is 1.51. The first-order valence-corrected chi connectivity index (χ1v) is 10.7. The van der Waals surface area contributed by atoms with Gasteiger partial charge in [-0.05, 0) is 6.07 Å². The Balaban J connectivity index is 2.95. The van der Waals surface area contributed by atoms with Crippen molar-refractivity contribution in [3.63, 3.8) is 0 Å². The van der Waals surface area contributed by atoms with Gasteiger partial charge < -0.3 is 23.4 Å². The van der Waals surface area contributed by atoms with Crippen LogP contribution < -0.4 is 5.38 Å². The van der Waals surface area contributed by atoms with Crippen LogP contribution in [0.5, 0.6) is 0 Å². The maximum atomic E-state index is 11.4. The van der Waals surface area contributed by atoms with Crippen LogP contribution in [0.15, 0.2) is 16.7 Å². The van der Waals surface area contributed by atoms with Gasteiger partial charge in [0.2, 0.25) is 0 Å². The highest BCUT2D eigenvalue weighted by atomic mass is 28.3. The van der Waals surface area contributed by atoms with Gasteiger partial charge in [0, 0.05) is 26.7 Å². The molecule has 2 atom stereocenters. The van der Waals surface area contributed by atoms with Crippen LogP contribution in [0.1, 0.15) is 18.6 Å². The van der Waals surface area contributed by atoms with E-state index in [1.165, 1.54) is 14.0 Å². The number of furan rings is 1. The molecular weight excluding hydrogens is 304 g/mol. The summed E-state index contributed by atoms with van der Waals surface area (Å²) >= 11 is 0. The molecule has 0 aliphatic heterocycles. The number of methoxy groups -OCH3 is 2. The summed E-state index contributed by atoms with van der Waals surface area (Å²) in [5, 5.41) is 0.936. The lowest BCUT2D eigenvalue weighted by Crippen LogP contribution is -2.36. The number of hydrogen-bond acceptors (Lipinski definition) is 6. The second-order valence-electron chi connectivity index (χ2n) is 5.99. The zero-order chi connectivity index (χ0) is 16.8. The molecular formula is C15H26O6Si. The van der Waals surface area contributed by atoms with Crippen molar-refractivity contribution >= 4 is 19.4 Å². The maximum Gasteiger partial charge on any atom is 0.303 e. The van der Waals surface area contributed by atoms with Gasteiger partial charge >= 0.3 is 5.97 Å². The van der Waals surface area contributed by atoms with Crippen molar-refractivity contribution in [3.05, 3.63) is 17.9 Å². The molecule has 1 rings (SSSR count). The van der Waals surface area contributed by atoms with E-state index < -0.39 is 26.4 Å². The summed E-state index contributed by atoms with van der Waals surface area (Å²) in [5.41, 5.74) is 0.733. The quantitative estimate of drug-likeness (QED) is 0.299. The number of carbonyl (C=O) groups is 1. The average molecular weight is 330 g/mol. The minimum Gasteiger partial charge on any atom is -0.474 e. The molecule has 0 bridgehead atoms. The van der Waals surface area contributed by atoms with Crippen molar-refractivity contribution in [1.29, 1.82) is 0 Å². The Labute approximate surface area is 132 Å². The summed E-state index contributed by atoms with van der Waals surface area (Å²) in [4.78, 5) is 11.4. The number of ether oxygens (including phenoxy) is 4. The molecule has 0 N–H and O–H groups in total. The third-order valence-electron chi connectivity index (χ3n) is 3.03. The first-order chi connectivity index (χ1) is 10.3. The number of rotatable bonds is 9. The van der Waals surface area contributed by atoms with Gasteiger partial charge in [-0.1, -0.05) is 19.6 Å². The molecule has 0 spiro atoms. The molecule has 2 unspecified atom stereocenters. The number of hydrogen-bond donors (Lipinski definition) is 0. The molecule has 0 aliphatic rings. The van der Waals surface area contributed by atoms with Crippen molar-refractivity contribution in [3.8, 4) is 0 Å². The van der Waals surface area contributed by atoms with E-state index in [0.29, 0.717) is 13.2 Å². The third kappa shape index (κ3) is 5.56. The van der Waals surface area contributed by atoms with Crippen LogP contribution in [0.25, 0.3) is 0 Å². The lowest BCUT2D eigenvalue weighted by molar-refractivity contribution is -0.204. The van der Waals surface area contributed by atoms with E-state index in [1.807, 2.05) is 6.07 Å². The fourth-order valence-electron chi connectivity index (χ4n) is 1.88. The molecule has 1 aromatic rings. The Bertz CT molecular complexity index is 465. The van der Waals surface area contributed by atoms with E-state index in [-0.39, 0.29) is 0 Å². The van der Waals surface area contributed by atoms with Gasteiger partial charge in [-0.25, -0.2) is 0 Å². The maximum absolute atomic E-state index is 11.4. The van der Waals surface area contributed by atoms with E-state index in [1.54, 1.807) is 13.4 Å². The molecule has 1 aromatic heterocycles. The minimum atomic E-state index is -1.58. The molecule has 0 saturated heterocycles. The average Bonchev–Trinajstić information content (AvgIpc) is 2.91. The van der Waals surface area contributed by atoms with E-state index in [9.17, 15) is 4.79 Å². The standard InChI is InChI=1S/C15H26O6Si/c1-11(16)21-14(15(18-3)19-8-7-17-2)12-9-13(20-10-12)22(4,5)6/h9-10,14-15H,7-8H2,1-6H3. The van der Waals surface area contributed by atoms with Gasteiger partial charge in [0.05, 0.1) is 24.9 Å². The summed E-state index contributed by atoms with van der Waals surface area (Å²) < 4.78 is 26.9. The van der Waals surface area contributed by atoms with Crippen LogP contribution in [0.2, 0.25) is 19.6 Å². The van der Waals surface area contributed by atoms with Crippen molar-refractivity contribution in [2.24, 2.45) is 0 Å². The van der Waals surface area contributed by atoms with E-state index in [0.717, 1.165) is 10.9 Å². The SMILES string of the molecule is COCCOC(OC)C(OC(C)=O)c1coc([Si](C)(C)C)c1.